The van der Waals surface area contributed by atoms with Gasteiger partial charge in [-0.25, -0.2) is 4.98 Å². The van der Waals surface area contributed by atoms with Gasteiger partial charge in [-0.3, -0.25) is 4.57 Å². The number of ether oxygens (including phenoxy) is 1. The molecular formula is C48H46N6O. The summed E-state index contributed by atoms with van der Waals surface area (Å²) in [5.41, 5.74) is 15.6. The van der Waals surface area contributed by atoms with Crippen LogP contribution in [0.5, 0.6) is 11.5 Å². The molecular weight excluding hydrogens is 677 g/mol. The summed E-state index contributed by atoms with van der Waals surface area (Å²) in [6.07, 6.45) is 1.94. The summed E-state index contributed by atoms with van der Waals surface area (Å²) >= 11 is 0. The highest BCUT2D eigenvalue weighted by Crippen LogP contribution is 2.41. The fraction of sp³-hybridized carbons (Fsp3) is 0.229. The molecule has 0 bridgehead atoms. The van der Waals surface area contributed by atoms with Crippen molar-refractivity contribution in [2.75, 3.05) is 0 Å². The fourth-order valence-corrected chi connectivity index (χ4v) is 8.16. The second kappa shape index (κ2) is 12.4. The molecule has 7 nitrogen and oxygen atoms in total. The molecule has 4 heterocycles. The smallest absolute Gasteiger partial charge is 0.139 e. The van der Waals surface area contributed by atoms with E-state index in [1.165, 1.54) is 55.0 Å². The average Bonchev–Trinajstić information content (AvgIpc) is 3.81. The van der Waals surface area contributed by atoms with E-state index < -0.39 is 0 Å². The molecule has 9 rings (SSSR count). The third-order valence-electron chi connectivity index (χ3n) is 11.2. The predicted molar refractivity (Wildman–Crippen MR) is 226 cm³/mol. The monoisotopic (exact) mass is 722 g/mol. The van der Waals surface area contributed by atoms with E-state index in [0.29, 0.717) is 0 Å². The molecule has 0 unspecified atom stereocenters. The normalized spacial score (nSPS) is 12.2. The first-order valence-corrected chi connectivity index (χ1v) is 19.0. The third-order valence-corrected chi connectivity index (χ3v) is 11.2. The van der Waals surface area contributed by atoms with Crippen molar-refractivity contribution in [3.63, 3.8) is 0 Å². The zero-order chi connectivity index (χ0) is 38.5. The highest BCUT2D eigenvalue weighted by atomic mass is 16.5. The van der Waals surface area contributed by atoms with Crippen molar-refractivity contribution in [2.45, 2.75) is 74.7 Å². The molecule has 4 aromatic heterocycles. The summed E-state index contributed by atoms with van der Waals surface area (Å²) in [4.78, 5) is 6.76. The van der Waals surface area contributed by atoms with Crippen LogP contribution in [0, 0.1) is 48.5 Å². The molecule has 0 fully saturated rings. The quantitative estimate of drug-likeness (QED) is 0.177. The number of aromatic nitrogens is 6. The Morgan fingerprint density at radius 1 is 0.527 bits per heavy atom. The first-order chi connectivity index (χ1) is 26.3. The Morgan fingerprint density at radius 3 is 1.84 bits per heavy atom. The van der Waals surface area contributed by atoms with Gasteiger partial charge < -0.3 is 9.30 Å². The van der Waals surface area contributed by atoms with Crippen molar-refractivity contribution in [1.29, 1.82) is 0 Å². The minimum atomic E-state index is -0.110. The standard InChI is InChI=1S/C48H46N6O/c1-27-11-18-41-40(21-27)39-17-16-37(55-38-23-34(48(8,9)10)22-36(24-38)54-50-32(6)33(7)51-54)26-42(39)53(41)43-25-35(19-20-49-43)52-46-30(4)14-12-28(2)44(46)45-29(3)13-15-31(5)47(45)52/h11-26H,1-10H3. The lowest BCUT2D eigenvalue weighted by atomic mass is 9.86. The molecule has 0 spiro atoms. The van der Waals surface area contributed by atoms with Crippen LogP contribution >= 0.6 is 0 Å². The topological polar surface area (TPSA) is 62.7 Å². The van der Waals surface area contributed by atoms with E-state index in [4.69, 9.17) is 9.72 Å². The molecule has 0 radical (unpaired) electrons. The van der Waals surface area contributed by atoms with Crippen molar-refractivity contribution < 1.29 is 4.74 Å². The van der Waals surface area contributed by atoms with Crippen molar-refractivity contribution >= 4 is 43.6 Å². The zero-order valence-electron chi connectivity index (χ0n) is 33.3. The van der Waals surface area contributed by atoms with Crippen LogP contribution in [-0.2, 0) is 5.41 Å². The molecule has 0 aliphatic heterocycles. The van der Waals surface area contributed by atoms with Crippen molar-refractivity contribution in [2.24, 2.45) is 0 Å². The molecule has 0 saturated heterocycles. The van der Waals surface area contributed by atoms with Gasteiger partial charge >= 0.3 is 0 Å². The van der Waals surface area contributed by atoms with Crippen LogP contribution in [0.4, 0.5) is 0 Å². The first-order valence-electron chi connectivity index (χ1n) is 19.0. The molecule has 9 aromatic rings. The van der Waals surface area contributed by atoms with Crippen LogP contribution in [0.25, 0.3) is 60.8 Å². The lowest BCUT2D eigenvalue weighted by Gasteiger charge is -2.21. The maximum atomic E-state index is 6.75. The van der Waals surface area contributed by atoms with E-state index in [-0.39, 0.29) is 5.41 Å². The van der Waals surface area contributed by atoms with Gasteiger partial charge in [0, 0.05) is 45.9 Å². The van der Waals surface area contributed by atoms with Gasteiger partial charge in [0.25, 0.3) is 0 Å². The number of nitrogens with zero attached hydrogens (tertiary/aromatic N) is 6. The van der Waals surface area contributed by atoms with Crippen LogP contribution in [0.3, 0.4) is 0 Å². The average molecular weight is 723 g/mol. The van der Waals surface area contributed by atoms with E-state index in [1.54, 1.807) is 4.80 Å². The lowest BCUT2D eigenvalue weighted by molar-refractivity contribution is 0.478. The van der Waals surface area contributed by atoms with E-state index in [0.717, 1.165) is 62.1 Å². The molecule has 0 saturated carbocycles. The Hall–Kier alpha value is -6.21. The summed E-state index contributed by atoms with van der Waals surface area (Å²) in [7, 11) is 0. The van der Waals surface area contributed by atoms with Gasteiger partial charge in [-0.15, -0.1) is 0 Å². The highest BCUT2D eigenvalue weighted by Gasteiger charge is 2.22. The highest BCUT2D eigenvalue weighted by molar-refractivity contribution is 6.14. The maximum Gasteiger partial charge on any atom is 0.139 e. The third kappa shape index (κ3) is 5.60. The minimum Gasteiger partial charge on any atom is -0.457 e. The van der Waals surface area contributed by atoms with Crippen LogP contribution in [0.2, 0.25) is 0 Å². The first kappa shape index (κ1) is 34.6. The number of benzene rings is 5. The van der Waals surface area contributed by atoms with Gasteiger partial charge in [-0.1, -0.05) is 56.7 Å². The molecule has 0 N–H and O–H groups in total. The van der Waals surface area contributed by atoms with Crippen molar-refractivity contribution in [1.82, 2.24) is 29.1 Å². The van der Waals surface area contributed by atoms with Gasteiger partial charge in [0.05, 0.1) is 44.8 Å². The number of fused-ring (bicyclic) bond motifs is 6. The summed E-state index contributed by atoms with van der Waals surface area (Å²) in [5, 5.41) is 14.3. The van der Waals surface area contributed by atoms with E-state index in [2.05, 4.69) is 160 Å². The minimum absolute atomic E-state index is 0.110. The molecule has 55 heavy (non-hydrogen) atoms. The number of hydrogen-bond donors (Lipinski definition) is 0. The number of pyridine rings is 1. The Morgan fingerprint density at radius 2 is 1.18 bits per heavy atom. The second-order valence-electron chi connectivity index (χ2n) is 16.3. The number of rotatable bonds is 5. The number of aryl methyl sites for hydroxylation is 7. The predicted octanol–water partition coefficient (Wildman–Crippen LogP) is 12.1. The Labute approximate surface area is 321 Å². The zero-order valence-corrected chi connectivity index (χ0v) is 33.3. The molecule has 0 atom stereocenters. The van der Waals surface area contributed by atoms with Gasteiger partial charge in [0.15, 0.2) is 0 Å². The Balaban J connectivity index is 1.24. The summed E-state index contributed by atoms with van der Waals surface area (Å²) in [6.45, 7) is 21.6. The van der Waals surface area contributed by atoms with Crippen molar-refractivity contribution in [3.05, 3.63) is 142 Å². The van der Waals surface area contributed by atoms with Crippen LogP contribution in [-0.4, -0.2) is 29.1 Å². The van der Waals surface area contributed by atoms with E-state index >= 15 is 0 Å². The van der Waals surface area contributed by atoms with Gasteiger partial charge in [-0.05, 0) is 124 Å². The molecule has 0 aliphatic carbocycles. The molecule has 0 amide bonds. The Bertz CT molecular complexity index is 2940. The second-order valence-corrected chi connectivity index (χ2v) is 16.3. The summed E-state index contributed by atoms with van der Waals surface area (Å²) < 4.78 is 11.5. The number of hydrogen-bond acceptors (Lipinski definition) is 4. The van der Waals surface area contributed by atoms with E-state index in [1.807, 2.05) is 26.1 Å². The van der Waals surface area contributed by atoms with Gasteiger partial charge in [-0.2, -0.15) is 15.0 Å². The molecule has 5 aromatic carbocycles. The summed E-state index contributed by atoms with van der Waals surface area (Å²) in [5.74, 6) is 2.31. The lowest BCUT2D eigenvalue weighted by Crippen LogP contribution is -2.12. The largest absolute Gasteiger partial charge is 0.457 e. The summed E-state index contributed by atoms with van der Waals surface area (Å²) in [6, 6.07) is 32.7. The van der Waals surface area contributed by atoms with Crippen LogP contribution < -0.4 is 4.74 Å². The molecule has 7 heteroatoms. The van der Waals surface area contributed by atoms with Crippen molar-refractivity contribution in [3.8, 4) is 28.7 Å². The molecule has 274 valence electrons. The van der Waals surface area contributed by atoms with Gasteiger partial charge in [0.1, 0.15) is 17.3 Å². The Kier molecular flexibility index (Phi) is 7.80. The van der Waals surface area contributed by atoms with Crippen LogP contribution in [0.15, 0.2) is 97.2 Å². The SMILES string of the molecule is Cc1ccc2c(c1)c1ccc(Oc3cc(-n4nc(C)c(C)n4)cc(C(C)(C)C)c3)cc1n2-c1cc(-n2c3c(C)ccc(C)c3c3c(C)ccc(C)c32)ccn1. The van der Waals surface area contributed by atoms with E-state index in [9.17, 15) is 0 Å². The molecule has 0 aliphatic rings. The van der Waals surface area contributed by atoms with Gasteiger partial charge in [0.2, 0.25) is 0 Å². The fourth-order valence-electron chi connectivity index (χ4n) is 8.16. The van der Waals surface area contributed by atoms with Crippen LogP contribution in [0.1, 0.15) is 65.5 Å². The maximum absolute atomic E-state index is 6.75.